The van der Waals surface area contributed by atoms with Crippen LogP contribution in [0.4, 0.5) is 0 Å². The summed E-state index contributed by atoms with van der Waals surface area (Å²) in [7, 11) is 1.69. The molecule has 84 valence electrons. The minimum Gasteiger partial charge on any atom is -0.496 e. The molecular weight excluding hydrogens is 188 g/mol. The number of aryl methyl sites for hydroxylation is 2. The van der Waals surface area contributed by atoms with Crippen LogP contribution in [0.1, 0.15) is 23.6 Å². The molecule has 2 heteroatoms. The summed E-state index contributed by atoms with van der Waals surface area (Å²) in [5.41, 5.74) is 3.69. The lowest BCUT2D eigenvalue weighted by molar-refractivity contribution is 0.237. The molecule has 0 aliphatic carbocycles. The van der Waals surface area contributed by atoms with E-state index in [1.165, 1.54) is 11.1 Å². The van der Waals surface area contributed by atoms with Crippen molar-refractivity contribution in [3.63, 3.8) is 0 Å². The molecule has 2 nitrogen and oxygen atoms in total. The Labute approximate surface area is 91.9 Å². The number of benzene rings is 1. The molecule has 1 N–H and O–H groups in total. The van der Waals surface area contributed by atoms with Gasteiger partial charge in [-0.25, -0.2) is 0 Å². The Morgan fingerprint density at radius 3 is 2.47 bits per heavy atom. The van der Waals surface area contributed by atoms with E-state index in [1.807, 2.05) is 6.92 Å². The molecule has 1 aromatic rings. The molecule has 0 aromatic heterocycles. The number of aliphatic hydroxyl groups excluding tert-OH is 1. The van der Waals surface area contributed by atoms with Gasteiger partial charge in [0.25, 0.3) is 0 Å². The second kappa shape index (κ2) is 5.17. The van der Waals surface area contributed by atoms with Crippen molar-refractivity contribution < 1.29 is 9.84 Å². The monoisotopic (exact) mass is 208 g/mol. The van der Waals surface area contributed by atoms with Gasteiger partial charge in [0.05, 0.1) is 7.11 Å². The topological polar surface area (TPSA) is 29.5 Å². The summed E-state index contributed by atoms with van der Waals surface area (Å²) >= 11 is 0. The summed E-state index contributed by atoms with van der Waals surface area (Å²) in [6.45, 7) is 6.43. The van der Waals surface area contributed by atoms with Gasteiger partial charge >= 0.3 is 0 Å². The summed E-state index contributed by atoms with van der Waals surface area (Å²) in [6, 6.07) is 4.22. The summed E-state index contributed by atoms with van der Waals surface area (Å²) in [5, 5.41) is 9.03. The zero-order valence-corrected chi connectivity index (χ0v) is 10.0. The lowest BCUT2D eigenvalue weighted by atomic mass is 9.96. The smallest absolute Gasteiger partial charge is 0.122 e. The molecule has 0 spiro atoms. The normalized spacial score (nSPS) is 12.6. The van der Waals surface area contributed by atoms with Gasteiger partial charge in [0.2, 0.25) is 0 Å². The van der Waals surface area contributed by atoms with Gasteiger partial charge in [0.15, 0.2) is 0 Å². The Morgan fingerprint density at radius 1 is 1.27 bits per heavy atom. The van der Waals surface area contributed by atoms with Crippen LogP contribution in [-0.4, -0.2) is 18.8 Å². The summed E-state index contributed by atoms with van der Waals surface area (Å²) in [4.78, 5) is 0. The van der Waals surface area contributed by atoms with E-state index in [4.69, 9.17) is 9.84 Å². The first-order chi connectivity index (χ1) is 7.08. The van der Waals surface area contributed by atoms with Crippen LogP contribution in [-0.2, 0) is 6.42 Å². The van der Waals surface area contributed by atoms with Crippen molar-refractivity contribution >= 4 is 0 Å². The van der Waals surface area contributed by atoms with Crippen LogP contribution in [0.2, 0.25) is 0 Å². The molecule has 0 aliphatic rings. The maximum Gasteiger partial charge on any atom is 0.122 e. The van der Waals surface area contributed by atoms with Crippen LogP contribution in [0.15, 0.2) is 12.1 Å². The molecule has 1 aromatic carbocycles. The van der Waals surface area contributed by atoms with Gasteiger partial charge in [-0.3, -0.25) is 0 Å². The largest absolute Gasteiger partial charge is 0.496 e. The third-order valence-corrected chi connectivity index (χ3v) is 2.73. The van der Waals surface area contributed by atoms with Crippen molar-refractivity contribution in [3.05, 3.63) is 28.8 Å². The first-order valence-corrected chi connectivity index (χ1v) is 5.33. The quantitative estimate of drug-likeness (QED) is 0.823. The van der Waals surface area contributed by atoms with Crippen molar-refractivity contribution in [3.8, 4) is 5.75 Å². The third-order valence-electron chi connectivity index (χ3n) is 2.73. The Hall–Kier alpha value is -1.02. The standard InChI is InChI=1S/C13H20O2/c1-9(8-14)5-12-6-11(3)13(15-4)7-10(12)2/h6-7,9,14H,5,8H2,1-4H3. The predicted octanol–water partition coefficient (Wildman–Crippen LogP) is 2.48. The van der Waals surface area contributed by atoms with Gasteiger partial charge in [0.1, 0.15) is 5.75 Å². The van der Waals surface area contributed by atoms with Crippen molar-refractivity contribution in [2.45, 2.75) is 27.2 Å². The molecule has 0 fully saturated rings. The van der Waals surface area contributed by atoms with Gasteiger partial charge < -0.3 is 9.84 Å². The first kappa shape index (κ1) is 12.1. The number of ether oxygens (including phenoxy) is 1. The maximum absolute atomic E-state index is 9.03. The minimum atomic E-state index is 0.241. The Kier molecular flexibility index (Phi) is 4.15. The molecule has 1 unspecified atom stereocenters. The van der Waals surface area contributed by atoms with Gasteiger partial charge in [0, 0.05) is 6.61 Å². The number of methoxy groups -OCH3 is 1. The molecule has 0 bridgehead atoms. The fraction of sp³-hybridized carbons (Fsp3) is 0.538. The Balaban J connectivity index is 2.95. The van der Waals surface area contributed by atoms with Gasteiger partial charge in [-0.05, 0) is 48.9 Å². The number of rotatable bonds is 4. The highest BCUT2D eigenvalue weighted by molar-refractivity contribution is 5.41. The van der Waals surface area contributed by atoms with Crippen LogP contribution >= 0.6 is 0 Å². The van der Waals surface area contributed by atoms with Gasteiger partial charge in [-0.2, -0.15) is 0 Å². The maximum atomic E-state index is 9.03. The zero-order chi connectivity index (χ0) is 11.4. The molecular formula is C13H20O2. The van der Waals surface area contributed by atoms with Crippen molar-refractivity contribution in [1.82, 2.24) is 0 Å². The number of hydrogen-bond donors (Lipinski definition) is 1. The highest BCUT2D eigenvalue weighted by Gasteiger charge is 2.08. The van der Waals surface area contributed by atoms with Gasteiger partial charge in [-0.15, -0.1) is 0 Å². The highest BCUT2D eigenvalue weighted by atomic mass is 16.5. The Bertz CT molecular complexity index is 332. The molecule has 0 saturated carbocycles. The number of aliphatic hydroxyl groups is 1. The second-order valence-corrected chi connectivity index (χ2v) is 4.24. The molecule has 0 saturated heterocycles. The van der Waals surface area contributed by atoms with Crippen LogP contribution in [0.5, 0.6) is 5.75 Å². The first-order valence-electron chi connectivity index (χ1n) is 5.33. The molecule has 0 heterocycles. The van der Waals surface area contributed by atoms with Crippen LogP contribution in [0, 0.1) is 19.8 Å². The van der Waals surface area contributed by atoms with E-state index in [9.17, 15) is 0 Å². The lowest BCUT2D eigenvalue weighted by Gasteiger charge is -2.13. The number of hydrogen-bond acceptors (Lipinski definition) is 2. The van der Waals surface area contributed by atoms with E-state index in [1.54, 1.807) is 7.11 Å². The average molecular weight is 208 g/mol. The van der Waals surface area contributed by atoms with E-state index >= 15 is 0 Å². The van der Waals surface area contributed by atoms with Crippen LogP contribution in [0.3, 0.4) is 0 Å². The SMILES string of the molecule is COc1cc(C)c(CC(C)CO)cc1C. The van der Waals surface area contributed by atoms with Gasteiger partial charge in [-0.1, -0.05) is 13.0 Å². The minimum absolute atomic E-state index is 0.241. The van der Waals surface area contributed by atoms with Crippen molar-refractivity contribution in [1.29, 1.82) is 0 Å². The van der Waals surface area contributed by atoms with Crippen molar-refractivity contribution in [2.75, 3.05) is 13.7 Å². The highest BCUT2D eigenvalue weighted by Crippen LogP contribution is 2.24. The van der Waals surface area contributed by atoms with E-state index in [0.29, 0.717) is 5.92 Å². The zero-order valence-electron chi connectivity index (χ0n) is 10.0. The fourth-order valence-electron chi connectivity index (χ4n) is 1.73. The van der Waals surface area contributed by atoms with Crippen molar-refractivity contribution in [2.24, 2.45) is 5.92 Å². The molecule has 15 heavy (non-hydrogen) atoms. The van der Waals surface area contributed by atoms with E-state index in [-0.39, 0.29) is 6.61 Å². The summed E-state index contributed by atoms with van der Waals surface area (Å²) < 4.78 is 5.26. The summed E-state index contributed by atoms with van der Waals surface area (Å²) in [6.07, 6.45) is 0.924. The average Bonchev–Trinajstić information content (AvgIpc) is 2.22. The fourth-order valence-corrected chi connectivity index (χ4v) is 1.73. The third kappa shape index (κ3) is 2.96. The molecule has 0 aliphatic heterocycles. The second-order valence-electron chi connectivity index (χ2n) is 4.24. The molecule has 0 amide bonds. The van der Waals surface area contributed by atoms with Crippen LogP contribution in [0.25, 0.3) is 0 Å². The molecule has 0 radical (unpaired) electrons. The lowest BCUT2D eigenvalue weighted by Crippen LogP contribution is -2.06. The molecule has 1 rings (SSSR count). The Morgan fingerprint density at radius 2 is 1.93 bits per heavy atom. The summed E-state index contributed by atoms with van der Waals surface area (Å²) in [5.74, 6) is 1.25. The predicted molar refractivity (Wildman–Crippen MR) is 62.4 cm³/mol. The van der Waals surface area contributed by atoms with E-state index < -0.39 is 0 Å². The van der Waals surface area contributed by atoms with E-state index in [2.05, 4.69) is 26.0 Å². The molecule has 1 atom stereocenters. The van der Waals surface area contributed by atoms with Crippen LogP contribution < -0.4 is 4.74 Å². The van der Waals surface area contributed by atoms with E-state index in [0.717, 1.165) is 17.7 Å².